The number of rotatable bonds is 0. The number of amides is 2. The van der Waals surface area contributed by atoms with Gasteiger partial charge in [-0.15, -0.1) is 23.5 Å². The number of hydrogen-bond acceptors (Lipinski definition) is 12. The second kappa shape index (κ2) is 18.9. The molecule has 2 atom stereocenters. The Hall–Kier alpha value is -7.58. The number of fused-ring (bicyclic) bond motifs is 14. The van der Waals surface area contributed by atoms with Gasteiger partial charge in [-0.25, -0.2) is 17.6 Å². The summed E-state index contributed by atoms with van der Waals surface area (Å²) in [5, 5.41) is 24.8. The van der Waals surface area contributed by atoms with Crippen LogP contribution in [0, 0.1) is 23.3 Å². The second-order valence-corrected chi connectivity index (χ2v) is 19.4. The van der Waals surface area contributed by atoms with E-state index in [-0.39, 0.29) is 49.4 Å². The van der Waals surface area contributed by atoms with Crippen LogP contribution in [-0.2, 0) is 11.5 Å². The fourth-order valence-corrected chi connectivity index (χ4v) is 12.3. The topological polar surface area (TPSA) is 150 Å². The number of aromatic hydroxyl groups is 2. The van der Waals surface area contributed by atoms with Crippen LogP contribution in [0.2, 0.25) is 0 Å². The van der Waals surface area contributed by atoms with Crippen molar-refractivity contribution in [3.8, 4) is 23.0 Å². The molecular formula is C52H42F4N6O8S2. The summed E-state index contributed by atoms with van der Waals surface area (Å²) >= 11 is 2.40. The summed E-state index contributed by atoms with van der Waals surface area (Å²) in [5.74, 6) is -2.85. The fraction of sp³-hybridized carbons (Fsp3) is 0.231. The van der Waals surface area contributed by atoms with Gasteiger partial charge in [0.05, 0.1) is 0 Å². The smallest absolute Gasteiger partial charge is 0.277 e. The number of halogens is 4. The van der Waals surface area contributed by atoms with E-state index in [1.54, 1.807) is 46.4 Å². The Kier molecular flexibility index (Phi) is 12.3. The van der Waals surface area contributed by atoms with Crippen LogP contribution in [0.25, 0.3) is 0 Å². The first-order valence-electron chi connectivity index (χ1n) is 22.9. The van der Waals surface area contributed by atoms with E-state index in [2.05, 4.69) is 0 Å². The first-order chi connectivity index (χ1) is 34.9. The Labute approximate surface area is 416 Å². The van der Waals surface area contributed by atoms with Gasteiger partial charge >= 0.3 is 0 Å². The van der Waals surface area contributed by atoms with E-state index in [0.717, 1.165) is 0 Å². The zero-order chi connectivity index (χ0) is 49.9. The number of aromatic nitrogens is 2. The van der Waals surface area contributed by atoms with Gasteiger partial charge in [-0.2, -0.15) is 0 Å². The van der Waals surface area contributed by atoms with Gasteiger partial charge in [0.15, 0.2) is 22.9 Å². The lowest BCUT2D eigenvalue weighted by Gasteiger charge is -2.44. The molecule has 0 fully saturated rings. The average molecular weight is 1020 g/mol. The Balaban J connectivity index is 0.000000156. The summed E-state index contributed by atoms with van der Waals surface area (Å²) in [4.78, 5) is 55.1. The Bertz CT molecular complexity index is 3200. The normalized spacial score (nSPS) is 19.6. The molecule has 6 aliphatic heterocycles. The highest BCUT2D eigenvalue weighted by Crippen LogP contribution is 2.50. The predicted octanol–water partition coefficient (Wildman–Crippen LogP) is 7.83. The Morgan fingerprint density at radius 3 is 1.39 bits per heavy atom. The van der Waals surface area contributed by atoms with Gasteiger partial charge in [0.25, 0.3) is 11.8 Å². The maximum absolute atomic E-state index is 15.3. The monoisotopic (exact) mass is 1020 g/mol. The van der Waals surface area contributed by atoms with Gasteiger partial charge in [-0.3, -0.25) is 38.5 Å². The summed E-state index contributed by atoms with van der Waals surface area (Å²) < 4.78 is 75.8. The highest BCUT2D eigenvalue weighted by Gasteiger charge is 2.43. The maximum Gasteiger partial charge on any atom is 0.277 e. The summed E-state index contributed by atoms with van der Waals surface area (Å²) in [6.45, 7) is 1.23. The summed E-state index contributed by atoms with van der Waals surface area (Å²) in [7, 11) is 0. The zero-order valence-corrected chi connectivity index (χ0v) is 39.6. The Morgan fingerprint density at radius 1 is 0.528 bits per heavy atom. The molecular weight excluding hydrogens is 977 g/mol. The van der Waals surface area contributed by atoms with E-state index in [0.29, 0.717) is 80.6 Å². The molecule has 6 aromatic rings. The van der Waals surface area contributed by atoms with Gasteiger partial charge in [0.1, 0.15) is 73.4 Å². The van der Waals surface area contributed by atoms with Crippen molar-refractivity contribution < 1.29 is 46.8 Å². The lowest BCUT2D eigenvalue weighted by molar-refractivity contribution is 0.0674. The molecule has 0 radical (unpaired) electrons. The number of benzene rings is 4. The van der Waals surface area contributed by atoms with Crippen molar-refractivity contribution in [3.05, 3.63) is 198 Å². The largest absolute Gasteiger partial charge is 0.502 e. The first-order valence-corrected chi connectivity index (χ1v) is 24.9. The first kappa shape index (κ1) is 46.8. The molecule has 12 rings (SSSR count). The van der Waals surface area contributed by atoms with Crippen molar-refractivity contribution >= 4 is 35.3 Å². The third-order valence-electron chi connectivity index (χ3n) is 13.4. The van der Waals surface area contributed by atoms with Crippen LogP contribution in [0.5, 0.6) is 23.0 Å². The highest BCUT2D eigenvalue weighted by molar-refractivity contribution is 7.98. The molecule has 0 unspecified atom stereocenters. The number of pyridine rings is 2. The molecule has 8 heterocycles. The van der Waals surface area contributed by atoms with Gasteiger partial charge in [-0.1, -0.05) is 48.6 Å². The minimum Gasteiger partial charge on any atom is -0.502 e. The van der Waals surface area contributed by atoms with Crippen LogP contribution >= 0.6 is 23.5 Å². The van der Waals surface area contributed by atoms with Crippen molar-refractivity contribution in [2.45, 2.75) is 46.2 Å². The predicted molar refractivity (Wildman–Crippen MR) is 260 cm³/mol. The van der Waals surface area contributed by atoms with Crippen LogP contribution in [0.1, 0.15) is 79.3 Å². The number of carbonyl (C=O) groups is 2. The maximum atomic E-state index is 15.3. The zero-order valence-electron chi connectivity index (χ0n) is 38.0. The van der Waals surface area contributed by atoms with E-state index in [9.17, 15) is 29.4 Å². The molecule has 0 aliphatic carbocycles. The van der Waals surface area contributed by atoms with Crippen molar-refractivity contribution in [2.75, 3.05) is 49.7 Å². The molecule has 2 N–H and O–H groups in total. The number of thioether (sulfide) groups is 2. The lowest BCUT2D eigenvalue weighted by Crippen LogP contribution is -2.55. The van der Waals surface area contributed by atoms with Gasteiger partial charge < -0.3 is 29.5 Å². The molecule has 2 aromatic heterocycles. The minimum atomic E-state index is -0.786. The molecule has 0 spiro atoms. The van der Waals surface area contributed by atoms with E-state index < -0.39 is 69.5 Å². The van der Waals surface area contributed by atoms with Crippen molar-refractivity contribution in [1.29, 1.82) is 0 Å². The van der Waals surface area contributed by atoms with Crippen molar-refractivity contribution in [2.24, 2.45) is 0 Å². The molecule has 368 valence electrons. The minimum absolute atomic E-state index is 0.0582. The third-order valence-corrected chi connectivity index (χ3v) is 15.7. The quantitative estimate of drug-likeness (QED) is 0.113. The van der Waals surface area contributed by atoms with Gasteiger partial charge in [0, 0.05) is 81.2 Å². The second-order valence-electron chi connectivity index (χ2n) is 17.5. The number of carbonyl (C=O) groups excluding carboxylic acids is 2. The van der Waals surface area contributed by atoms with Crippen LogP contribution in [0.15, 0.2) is 129 Å². The highest BCUT2D eigenvalue weighted by atomic mass is 32.2. The molecule has 0 saturated heterocycles. The lowest BCUT2D eigenvalue weighted by atomic mass is 9.92. The van der Waals surface area contributed by atoms with E-state index >= 15 is 17.6 Å². The SMILES string of the molecule is O=C1c2c(O)c(=O)ccn2N2CN1CC/C=C\COc1ccc(F)c3c1[C@@H]2c1cccc(F)c1SC3.O=C1c2c(O)c(=O)ccn2N2CN1CC/C=C\COc1ccc(F)c3c1[C@H]2c1cccc(F)c1SC3. The van der Waals surface area contributed by atoms with E-state index in [4.69, 9.17) is 9.47 Å². The van der Waals surface area contributed by atoms with Crippen molar-refractivity contribution in [3.63, 3.8) is 0 Å². The molecule has 20 heteroatoms. The van der Waals surface area contributed by atoms with E-state index in [1.165, 1.54) is 91.5 Å². The number of nitrogens with zero attached hydrogens (tertiary/aromatic N) is 6. The number of hydrogen-bond donors (Lipinski definition) is 2. The number of ether oxygens (including phenoxy) is 2. The molecule has 72 heavy (non-hydrogen) atoms. The fourth-order valence-electron chi connectivity index (χ4n) is 10.0. The van der Waals surface area contributed by atoms with E-state index in [1.807, 2.05) is 24.3 Å². The third kappa shape index (κ3) is 7.92. The van der Waals surface area contributed by atoms with Crippen LogP contribution < -0.4 is 30.3 Å². The molecule has 6 aliphatic rings. The summed E-state index contributed by atoms with van der Waals surface area (Å²) in [6.07, 6.45) is 11.3. The molecule has 2 amide bonds. The molecule has 4 bridgehead atoms. The molecule has 4 aromatic carbocycles. The summed E-state index contributed by atoms with van der Waals surface area (Å²) in [6, 6.07) is 16.0. The van der Waals surface area contributed by atoms with Gasteiger partial charge in [0.2, 0.25) is 10.9 Å². The molecule has 0 saturated carbocycles. The van der Waals surface area contributed by atoms with Crippen LogP contribution in [-0.4, -0.2) is 80.8 Å². The van der Waals surface area contributed by atoms with Crippen LogP contribution in [0.3, 0.4) is 0 Å². The summed E-state index contributed by atoms with van der Waals surface area (Å²) in [5.41, 5.74) is 1.16. The average Bonchev–Trinajstić information content (AvgIpc) is 3.66. The standard InChI is InChI=1S/2C26H21F2N3O4S/c2*27-17-7-8-20-21-16(17)13-36-25-15(5-4-6-18(25)28)22(21)31-14-29(10-2-1-3-12-35-20)26(34)23-24(33)19(32)9-11-30(23)31/h2*1,3-9,11,22,33H,2,10,12-14H2/b2*3-1-/t2*22-/m10/s1. The van der Waals surface area contributed by atoms with Gasteiger partial charge in [-0.05, 0) is 60.4 Å². The Morgan fingerprint density at radius 2 is 0.958 bits per heavy atom. The molecule has 14 nitrogen and oxygen atoms in total. The van der Waals surface area contributed by atoms with Crippen molar-refractivity contribution in [1.82, 2.24) is 19.2 Å². The van der Waals surface area contributed by atoms with Crippen LogP contribution in [0.4, 0.5) is 17.6 Å².